The molecule has 582 valence electrons. The molecule has 5 aliphatic heterocycles. The van der Waals surface area contributed by atoms with E-state index >= 15 is 4.79 Å². The molecule has 0 amide bonds. The van der Waals surface area contributed by atoms with E-state index in [0.717, 1.165) is 11.6 Å². The Morgan fingerprint density at radius 3 is 1.76 bits per heavy atom. The third-order valence-electron chi connectivity index (χ3n) is 25.4. The Morgan fingerprint density at radius 2 is 1.14 bits per heavy atom. The van der Waals surface area contributed by atoms with Crippen LogP contribution in [0.1, 0.15) is 119 Å². The highest BCUT2D eigenvalue weighted by atomic mass is 16.8. The van der Waals surface area contributed by atoms with Crippen LogP contribution >= 0.6 is 0 Å². The van der Waals surface area contributed by atoms with E-state index in [1.165, 1.54) is 55.1 Å². The Balaban J connectivity index is 0.946. The van der Waals surface area contributed by atoms with Crippen molar-refractivity contribution < 1.29 is 157 Å². The van der Waals surface area contributed by atoms with Gasteiger partial charge in [0.05, 0.1) is 76.4 Å². The Bertz CT molecular complexity index is 3220. The molecule has 11 rings (SSSR count). The Morgan fingerprint density at radius 1 is 0.563 bits per heavy atom. The zero-order valence-corrected chi connectivity index (χ0v) is 59.8. The van der Waals surface area contributed by atoms with Crippen molar-refractivity contribution in [1.29, 1.82) is 0 Å². The lowest BCUT2D eigenvalue weighted by atomic mass is 9.33. The maximum Gasteiger partial charge on any atom is 0.331 e. The van der Waals surface area contributed by atoms with Crippen molar-refractivity contribution in [3.63, 3.8) is 0 Å². The molecule has 15 N–H and O–H groups in total. The van der Waals surface area contributed by atoms with Crippen molar-refractivity contribution in [1.82, 2.24) is 0 Å². The normalized spacial score (nSPS) is 48.2. The van der Waals surface area contributed by atoms with Crippen molar-refractivity contribution in [3.05, 3.63) is 35.4 Å². The van der Waals surface area contributed by atoms with Gasteiger partial charge >= 0.3 is 17.9 Å². The van der Waals surface area contributed by atoms with Crippen LogP contribution in [0, 0.1) is 50.2 Å². The number of esters is 2. The summed E-state index contributed by atoms with van der Waals surface area (Å²) in [5.74, 6) is -4.17. The molecule has 1 aromatic carbocycles. The second-order valence-electron chi connectivity index (χ2n) is 31.6. The fourth-order valence-electron chi connectivity index (χ4n) is 19.5. The summed E-state index contributed by atoms with van der Waals surface area (Å²) < 4.78 is 84.9. The predicted molar refractivity (Wildman–Crippen MR) is 349 cm³/mol. The molecular weight excluding hydrogens is 1360 g/mol. The maximum atomic E-state index is 16.3. The Labute approximate surface area is 596 Å². The summed E-state index contributed by atoms with van der Waals surface area (Å²) in [6.45, 7) is 12.3. The van der Waals surface area contributed by atoms with Gasteiger partial charge in [-0.1, -0.05) is 39.3 Å². The first kappa shape index (κ1) is 79.6. The molecule has 0 radical (unpaired) electrons. The summed E-state index contributed by atoms with van der Waals surface area (Å²) in [6, 6.07) is 3.11. The Kier molecular flexibility index (Phi) is 23.4. The quantitative estimate of drug-likeness (QED) is 0.0335. The van der Waals surface area contributed by atoms with Crippen molar-refractivity contribution >= 4 is 24.0 Å². The molecule has 32 nitrogen and oxygen atoms in total. The molecule has 32 heteroatoms. The fraction of sp³-hybridized carbons (Fsp3) is 0.817. The van der Waals surface area contributed by atoms with Crippen LogP contribution in [0.15, 0.2) is 29.9 Å². The van der Waals surface area contributed by atoms with E-state index < -0.39 is 248 Å². The summed E-state index contributed by atoms with van der Waals surface area (Å²) in [7, 11) is 4.23. The molecule has 5 aliphatic carbocycles. The van der Waals surface area contributed by atoms with Crippen molar-refractivity contribution in [2.75, 3.05) is 41.2 Å². The average Bonchev–Trinajstić information content (AvgIpc) is 0.669. The number of carboxylic acid groups (broad SMARTS) is 1. The largest absolute Gasteiger partial charge is 0.493 e. The molecule has 34 atom stereocenters. The topological polar surface area (TPSA) is 484 Å². The first-order valence-electron chi connectivity index (χ1n) is 35.5. The van der Waals surface area contributed by atoms with Gasteiger partial charge in [-0.3, -0.25) is 9.59 Å². The van der Waals surface area contributed by atoms with Crippen LogP contribution in [0.2, 0.25) is 0 Å². The van der Waals surface area contributed by atoms with Crippen LogP contribution in [0.5, 0.6) is 17.2 Å². The summed E-state index contributed by atoms with van der Waals surface area (Å²) in [5.41, 5.74) is -5.43. The van der Waals surface area contributed by atoms with Gasteiger partial charge < -0.3 is 143 Å². The van der Waals surface area contributed by atoms with Crippen LogP contribution in [-0.2, 0) is 66.5 Å². The molecule has 0 bridgehead atoms. The number of aliphatic hydroxyl groups is 14. The molecule has 1 aromatic rings. The third kappa shape index (κ3) is 13.8. The number of carbonyl (C=O) groups is 3. The number of methoxy groups -OCH3 is 3. The zero-order valence-electron chi connectivity index (χ0n) is 59.8. The van der Waals surface area contributed by atoms with Gasteiger partial charge in [0.25, 0.3) is 0 Å². The first-order valence-corrected chi connectivity index (χ1v) is 35.5. The second-order valence-corrected chi connectivity index (χ2v) is 31.6. The van der Waals surface area contributed by atoms with Gasteiger partial charge in [-0.25, -0.2) is 4.79 Å². The molecule has 5 heterocycles. The van der Waals surface area contributed by atoms with Crippen LogP contribution in [0.4, 0.5) is 0 Å². The third-order valence-corrected chi connectivity index (χ3v) is 25.4. The van der Waals surface area contributed by atoms with E-state index in [1.54, 1.807) is 12.1 Å². The fourth-order valence-corrected chi connectivity index (χ4v) is 19.5. The lowest BCUT2D eigenvalue weighted by molar-refractivity contribution is -0.390. The lowest BCUT2D eigenvalue weighted by Crippen LogP contribution is -2.71. The Hall–Kier alpha value is -4.41. The van der Waals surface area contributed by atoms with E-state index in [4.69, 9.17) is 66.3 Å². The number of benzene rings is 1. The zero-order chi connectivity index (χ0) is 75.3. The average molecular weight is 1470 g/mol. The summed E-state index contributed by atoms with van der Waals surface area (Å²) in [5, 5.41) is 168. The van der Waals surface area contributed by atoms with Crippen LogP contribution in [0.25, 0.3) is 6.08 Å². The molecule has 103 heavy (non-hydrogen) atoms. The molecular formula is C71H106O32. The molecule has 4 saturated carbocycles. The number of aliphatic carboxylic acids is 1. The minimum atomic E-state index is -2.11. The number of hydrogen-bond acceptors (Lipinski definition) is 31. The number of carbonyl (C=O) groups excluding carboxylic acids is 2. The minimum absolute atomic E-state index is 0.0152. The number of ether oxygens (including phenoxy) is 14. The molecule has 9 fully saturated rings. The summed E-state index contributed by atoms with van der Waals surface area (Å²) >= 11 is 0. The van der Waals surface area contributed by atoms with E-state index in [2.05, 4.69) is 20.8 Å². The van der Waals surface area contributed by atoms with Gasteiger partial charge in [0, 0.05) is 11.5 Å². The maximum absolute atomic E-state index is 16.3. The summed E-state index contributed by atoms with van der Waals surface area (Å²) in [4.78, 5) is 44.7. The second kappa shape index (κ2) is 30.2. The minimum Gasteiger partial charge on any atom is -0.493 e. The number of carboxylic acids is 1. The number of rotatable bonds is 19. The van der Waals surface area contributed by atoms with Crippen LogP contribution in [-0.4, -0.2) is 295 Å². The standard InChI is InChI=1S/C71H106O32/c1-29-43(77)46(80)50(84)60(94-29)100-56-54(98-42(76)15-12-32-22-37(90-9)55(92-11)38(23-32)91-10)31(3)96-63(57(56)101-61-52(86)48(82)53(30(2)95-61)99-59-49(83)44(78)36(75)27-93-59)103-65(89)70-19-18-66(4,5)24-34(70)33-13-14-40-67(6)25-35(74)58(102-62-51(85)47(81)45(79)39(26-72)97-62)69(8,64(87)88)41(67)16-17-68(40,7)71(33,28-73)21-20-70/h12-13,15,22-23,29-31,34-36,39-41,43-54,56-63,72-75,77-86H,14,16-21,24-28H2,1-11H3,(H,87,88)/b15-12+/t29-,30-,31+,34-,35-,36+,39+,40+,41+,43-,44-,45+,46+,47-,48-,49+,50+,51+,52+,53-,54-,56-,57+,58-,59-,60-,61-,62-,63-,67+,68+,69-,70-,71-/m1/s1. The van der Waals surface area contributed by atoms with Gasteiger partial charge in [0.2, 0.25) is 12.0 Å². The van der Waals surface area contributed by atoms with Gasteiger partial charge in [-0.2, -0.15) is 0 Å². The highest BCUT2D eigenvalue weighted by Crippen LogP contribution is 2.76. The van der Waals surface area contributed by atoms with Gasteiger partial charge in [0.1, 0.15) is 91.6 Å². The highest BCUT2D eigenvalue weighted by molar-refractivity contribution is 5.87. The number of hydrogen-bond donors (Lipinski definition) is 15. The van der Waals surface area contributed by atoms with Crippen LogP contribution in [0.3, 0.4) is 0 Å². The van der Waals surface area contributed by atoms with E-state index in [9.17, 15) is 86.2 Å². The van der Waals surface area contributed by atoms with Gasteiger partial charge in [0.15, 0.2) is 48.9 Å². The smallest absolute Gasteiger partial charge is 0.331 e. The molecule has 5 saturated heterocycles. The summed E-state index contributed by atoms with van der Waals surface area (Å²) in [6.07, 6.45) is -37.8. The lowest BCUT2D eigenvalue weighted by Gasteiger charge is -2.71. The highest BCUT2D eigenvalue weighted by Gasteiger charge is 2.74. The molecule has 0 aromatic heterocycles. The van der Waals surface area contributed by atoms with Crippen LogP contribution < -0.4 is 14.2 Å². The van der Waals surface area contributed by atoms with E-state index in [1.807, 2.05) is 13.0 Å². The van der Waals surface area contributed by atoms with Crippen molar-refractivity contribution in [2.24, 2.45) is 50.2 Å². The van der Waals surface area contributed by atoms with Gasteiger partial charge in [-0.05, 0) is 143 Å². The van der Waals surface area contributed by atoms with E-state index in [-0.39, 0.29) is 49.4 Å². The molecule has 0 spiro atoms. The number of fused-ring (bicyclic) bond motifs is 7. The van der Waals surface area contributed by atoms with E-state index in [0.29, 0.717) is 31.2 Å². The molecule has 10 aliphatic rings. The van der Waals surface area contributed by atoms with Gasteiger partial charge in [-0.15, -0.1) is 0 Å². The van der Waals surface area contributed by atoms with Crippen molar-refractivity contribution in [3.8, 4) is 17.2 Å². The molecule has 0 unspecified atom stereocenters. The monoisotopic (exact) mass is 1470 g/mol. The first-order chi connectivity index (χ1) is 48.5. The number of aliphatic hydroxyl groups excluding tert-OH is 14. The number of allylic oxidation sites excluding steroid dienone is 1. The predicted octanol–water partition coefficient (Wildman–Crippen LogP) is -1.19. The SMILES string of the molecule is COc1cc(/C=C/C(=O)O[C@H]2[C@@H](O[C@H]3O[C@H](C)[C@@H](O)[C@H](O)[C@@H]3O)[C@H](O[C@H]3O[C@H](C)[C@@H](O[C@H]4OC[C@H](O)[C@@H](O)[C@@H]4O)[C@H](O)[C@@H]3O)[C@@H](OC(=O)[C@@]34CCC(C)(C)C[C@@H]3C3=CC[C@H]5[C@]6(C)C[C@@H](O)[C@@H](O[C@H]7O[C@@H](CO)[C@H](O)[C@@H](O)[C@@H]7O)[C@](C)(C(=O)O)[C@H]6CC[C@]5(C)[C@@]3(CO)CC4)O[C@H]2C)cc(OC)c1OC. The van der Waals surface area contributed by atoms with Crippen molar-refractivity contribution in [2.45, 2.75) is 273 Å².